The Bertz CT molecular complexity index is 614. The number of hydrogen-bond donors (Lipinski definition) is 0. The summed E-state index contributed by atoms with van der Waals surface area (Å²) in [5.41, 5.74) is 2.58. The number of ether oxygens (including phenoxy) is 1. The van der Waals surface area contributed by atoms with Gasteiger partial charge in [0.15, 0.2) is 0 Å². The van der Waals surface area contributed by atoms with Crippen LogP contribution in [0, 0.1) is 0 Å². The van der Waals surface area contributed by atoms with Crippen LogP contribution in [0.5, 0.6) is 5.75 Å². The van der Waals surface area contributed by atoms with Gasteiger partial charge in [-0.05, 0) is 18.6 Å². The van der Waals surface area contributed by atoms with E-state index in [0.29, 0.717) is 11.3 Å². The summed E-state index contributed by atoms with van der Waals surface area (Å²) in [4.78, 5) is 11.7. The van der Waals surface area contributed by atoms with Crippen LogP contribution in [0.4, 0.5) is 0 Å². The summed E-state index contributed by atoms with van der Waals surface area (Å²) in [6.45, 7) is 7.35. The lowest BCUT2D eigenvalue weighted by Gasteiger charge is -2.16. The van der Waals surface area contributed by atoms with Gasteiger partial charge in [-0.2, -0.15) is 0 Å². The molecule has 0 aliphatic rings. The molecule has 0 heterocycles. The van der Waals surface area contributed by atoms with Crippen LogP contribution in [0.3, 0.4) is 0 Å². The molecule has 1 atom stereocenters. The summed E-state index contributed by atoms with van der Waals surface area (Å²) in [7, 11) is 0. The Hall–Kier alpha value is -2.35. The van der Waals surface area contributed by atoms with Crippen molar-refractivity contribution in [3.05, 3.63) is 77.9 Å². The van der Waals surface area contributed by atoms with E-state index in [2.05, 4.69) is 25.6 Å². The van der Waals surface area contributed by atoms with Gasteiger partial charge in [-0.15, -0.1) is 0 Å². The zero-order chi connectivity index (χ0) is 14.5. The number of carbonyl (C=O) groups is 1. The first-order valence-electron chi connectivity index (χ1n) is 6.61. The van der Waals surface area contributed by atoms with E-state index in [9.17, 15) is 4.79 Å². The largest absolute Gasteiger partial charge is 0.423 e. The minimum Gasteiger partial charge on any atom is -0.423 e. The number of carbonyl (C=O) groups excluding carboxylic acids is 1. The molecule has 0 amide bonds. The predicted octanol–water partition coefficient (Wildman–Crippen LogP) is 4.32. The quantitative estimate of drug-likeness (QED) is 0.468. The van der Waals surface area contributed by atoms with Gasteiger partial charge in [-0.25, -0.2) is 4.79 Å². The Morgan fingerprint density at radius 2 is 1.65 bits per heavy atom. The van der Waals surface area contributed by atoms with Gasteiger partial charge in [-0.1, -0.05) is 62.0 Å². The van der Waals surface area contributed by atoms with Crippen molar-refractivity contribution in [2.24, 2.45) is 0 Å². The lowest BCUT2D eigenvalue weighted by Crippen LogP contribution is -2.10. The molecule has 20 heavy (non-hydrogen) atoms. The molecule has 1 unspecified atom stereocenters. The van der Waals surface area contributed by atoms with E-state index in [4.69, 9.17) is 4.74 Å². The highest BCUT2D eigenvalue weighted by atomic mass is 16.5. The molecule has 2 aromatic carbocycles. The minimum atomic E-state index is -0.391. The smallest absolute Gasteiger partial charge is 0.338 e. The van der Waals surface area contributed by atoms with Crippen molar-refractivity contribution in [1.82, 2.24) is 0 Å². The second-order valence-corrected chi connectivity index (χ2v) is 4.84. The van der Waals surface area contributed by atoms with E-state index >= 15 is 0 Å². The molecule has 0 aliphatic carbocycles. The van der Waals surface area contributed by atoms with Crippen LogP contribution < -0.4 is 4.74 Å². The lowest BCUT2D eigenvalue weighted by atomic mass is 9.92. The van der Waals surface area contributed by atoms with Crippen molar-refractivity contribution in [3.63, 3.8) is 0 Å². The van der Waals surface area contributed by atoms with Crippen LogP contribution in [0.15, 0.2) is 66.7 Å². The molecule has 2 nitrogen and oxygen atoms in total. The number of para-hydroxylation sites is 1. The van der Waals surface area contributed by atoms with Gasteiger partial charge in [0.1, 0.15) is 5.75 Å². The van der Waals surface area contributed by atoms with E-state index in [0.717, 1.165) is 5.56 Å². The van der Waals surface area contributed by atoms with Gasteiger partial charge in [0.25, 0.3) is 0 Å². The maximum Gasteiger partial charge on any atom is 0.338 e. The van der Waals surface area contributed by atoms with Crippen molar-refractivity contribution in [3.8, 4) is 5.75 Å². The normalized spacial score (nSPS) is 11.7. The summed E-state index contributed by atoms with van der Waals surface area (Å²) in [6.07, 6.45) is 0. The van der Waals surface area contributed by atoms with Crippen molar-refractivity contribution >= 4 is 5.97 Å². The van der Waals surface area contributed by atoms with Crippen molar-refractivity contribution in [2.45, 2.75) is 19.8 Å². The highest BCUT2D eigenvalue weighted by Gasteiger charge is 2.15. The second-order valence-electron chi connectivity index (χ2n) is 4.84. The first-order chi connectivity index (χ1) is 9.59. The third kappa shape index (κ3) is 3.15. The lowest BCUT2D eigenvalue weighted by molar-refractivity contribution is -0.130. The zero-order valence-corrected chi connectivity index (χ0v) is 11.8. The molecule has 102 valence electrons. The number of rotatable bonds is 4. The zero-order valence-electron chi connectivity index (χ0n) is 11.8. The first-order valence-corrected chi connectivity index (χ1v) is 6.61. The Balaban J connectivity index is 2.33. The maximum absolute atomic E-state index is 11.7. The fourth-order valence-corrected chi connectivity index (χ4v) is 2.04. The molecule has 0 saturated heterocycles. The maximum atomic E-state index is 11.7. The van der Waals surface area contributed by atoms with Crippen molar-refractivity contribution in [1.29, 1.82) is 0 Å². The predicted molar refractivity (Wildman–Crippen MR) is 80.9 cm³/mol. The molecule has 0 N–H and O–H groups in total. The average molecular weight is 266 g/mol. The number of benzene rings is 2. The molecule has 0 fully saturated rings. The summed E-state index contributed by atoms with van der Waals surface area (Å²) in [5.74, 6) is 0.361. The van der Waals surface area contributed by atoms with Crippen LogP contribution in [-0.4, -0.2) is 5.97 Å². The Morgan fingerprint density at radius 1 is 1.05 bits per heavy atom. The standard InChI is InChI=1S/C18H18O2/c1-13(2)18(19)20-17-12-8-7-11-16(17)14(3)15-9-5-4-6-10-15/h4-12,14H,1H2,2-3H3. The van der Waals surface area contributed by atoms with Crippen LogP contribution in [0.1, 0.15) is 30.9 Å². The van der Waals surface area contributed by atoms with Crippen LogP contribution in [-0.2, 0) is 4.79 Å². The van der Waals surface area contributed by atoms with Crippen molar-refractivity contribution < 1.29 is 9.53 Å². The van der Waals surface area contributed by atoms with Crippen LogP contribution >= 0.6 is 0 Å². The monoisotopic (exact) mass is 266 g/mol. The topological polar surface area (TPSA) is 26.3 Å². The molecule has 2 aromatic rings. The third-order valence-electron chi connectivity index (χ3n) is 3.24. The number of hydrogen-bond acceptors (Lipinski definition) is 2. The molecular weight excluding hydrogens is 248 g/mol. The molecular formula is C18H18O2. The number of esters is 1. The van der Waals surface area contributed by atoms with Gasteiger partial charge < -0.3 is 4.74 Å². The molecule has 2 rings (SSSR count). The molecule has 0 aliphatic heterocycles. The van der Waals surface area contributed by atoms with Gasteiger partial charge in [0, 0.05) is 17.1 Å². The average Bonchev–Trinajstić information content (AvgIpc) is 2.48. The Labute approximate surface area is 119 Å². The fourth-order valence-electron chi connectivity index (χ4n) is 2.04. The Kier molecular flexibility index (Phi) is 4.36. The summed E-state index contributed by atoms with van der Waals surface area (Å²) < 4.78 is 5.41. The van der Waals surface area contributed by atoms with Gasteiger partial charge in [0.05, 0.1) is 0 Å². The van der Waals surface area contributed by atoms with E-state index in [1.807, 2.05) is 42.5 Å². The first kappa shape index (κ1) is 14.1. The molecule has 0 bridgehead atoms. The summed E-state index contributed by atoms with van der Waals surface area (Å²) in [6, 6.07) is 17.8. The fraction of sp³-hybridized carbons (Fsp3) is 0.167. The highest BCUT2D eigenvalue weighted by molar-refractivity contribution is 5.89. The summed E-state index contributed by atoms with van der Waals surface area (Å²) in [5, 5.41) is 0. The van der Waals surface area contributed by atoms with Crippen molar-refractivity contribution in [2.75, 3.05) is 0 Å². The molecule has 0 radical (unpaired) electrons. The highest BCUT2D eigenvalue weighted by Crippen LogP contribution is 2.31. The second kappa shape index (κ2) is 6.20. The third-order valence-corrected chi connectivity index (χ3v) is 3.24. The molecule has 0 saturated carbocycles. The molecule has 0 aromatic heterocycles. The SMILES string of the molecule is C=C(C)C(=O)Oc1ccccc1C(C)c1ccccc1. The van der Waals surface area contributed by atoms with E-state index in [1.165, 1.54) is 5.56 Å². The van der Waals surface area contributed by atoms with Gasteiger partial charge in [-0.3, -0.25) is 0 Å². The van der Waals surface area contributed by atoms with Crippen LogP contribution in [0.2, 0.25) is 0 Å². The Morgan fingerprint density at radius 3 is 2.30 bits per heavy atom. The van der Waals surface area contributed by atoms with Gasteiger partial charge in [0.2, 0.25) is 0 Å². The minimum absolute atomic E-state index is 0.158. The molecule has 0 spiro atoms. The summed E-state index contributed by atoms with van der Waals surface area (Å²) >= 11 is 0. The van der Waals surface area contributed by atoms with E-state index < -0.39 is 5.97 Å². The van der Waals surface area contributed by atoms with E-state index in [1.54, 1.807) is 6.92 Å². The molecule has 2 heteroatoms. The van der Waals surface area contributed by atoms with Gasteiger partial charge >= 0.3 is 5.97 Å². The van der Waals surface area contributed by atoms with E-state index in [-0.39, 0.29) is 5.92 Å². The van der Waals surface area contributed by atoms with Crippen LogP contribution in [0.25, 0.3) is 0 Å².